The molecular weight excluding hydrogens is 422 g/mol. The largest absolute Gasteiger partial charge is 0.365 e. The Labute approximate surface area is 184 Å². The first kappa shape index (κ1) is 22.2. The minimum Gasteiger partial charge on any atom is -0.365 e. The van der Waals surface area contributed by atoms with E-state index in [2.05, 4.69) is 15.6 Å². The van der Waals surface area contributed by atoms with Crippen LogP contribution in [0.15, 0.2) is 30.7 Å². The highest BCUT2D eigenvalue weighted by molar-refractivity contribution is 5.90. The number of hydrogen-bond acceptors (Lipinski definition) is 6. The molecule has 2 fully saturated rings. The van der Waals surface area contributed by atoms with Crippen molar-refractivity contribution in [2.45, 2.75) is 37.7 Å². The van der Waals surface area contributed by atoms with Gasteiger partial charge in [-0.25, -0.2) is 13.8 Å². The number of imidazole rings is 1. The number of benzene rings is 1. The third-order valence-electron chi connectivity index (χ3n) is 6.05. The van der Waals surface area contributed by atoms with Crippen LogP contribution in [0, 0.1) is 11.6 Å². The molecule has 2 aliphatic heterocycles. The molecule has 3 heterocycles. The average Bonchev–Trinajstić information content (AvgIpc) is 3.28. The summed E-state index contributed by atoms with van der Waals surface area (Å²) in [5.74, 6) is -1.87. The van der Waals surface area contributed by atoms with E-state index in [-0.39, 0.29) is 24.8 Å². The van der Waals surface area contributed by atoms with Crippen molar-refractivity contribution in [2.75, 3.05) is 24.5 Å². The van der Waals surface area contributed by atoms with E-state index in [1.807, 2.05) is 11.8 Å². The van der Waals surface area contributed by atoms with Crippen LogP contribution in [0.3, 0.4) is 0 Å². The summed E-state index contributed by atoms with van der Waals surface area (Å²) in [4.78, 5) is 33.4. The van der Waals surface area contributed by atoms with Crippen molar-refractivity contribution in [3.05, 3.63) is 48.1 Å². The number of hydrogen-bond donors (Lipinski definition) is 3. The first-order chi connectivity index (χ1) is 15.2. The van der Waals surface area contributed by atoms with Crippen LogP contribution in [-0.2, 0) is 22.2 Å². The van der Waals surface area contributed by atoms with E-state index < -0.39 is 29.4 Å². The minimum atomic E-state index is -1.30. The zero-order valence-corrected chi connectivity index (χ0v) is 17.9. The molecule has 2 amide bonds. The Balaban J connectivity index is 1.42. The molecule has 11 heteroatoms. The fraction of sp³-hybridized carbons (Fsp3) is 0.476. The number of aryl methyl sites for hydroxylation is 1. The molecule has 0 radical (unpaired) electrons. The van der Waals surface area contributed by atoms with Crippen LogP contribution < -0.4 is 15.5 Å². The molecule has 0 saturated carbocycles. The van der Waals surface area contributed by atoms with Gasteiger partial charge < -0.3 is 24.8 Å². The number of anilines is 1. The zero-order valence-electron chi connectivity index (χ0n) is 17.9. The first-order valence-corrected chi connectivity index (χ1v) is 10.4. The molecule has 0 aliphatic carbocycles. The Morgan fingerprint density at radius 1 is 1.28 bits per heavy atom. The number of carbonyl (C=O) groups is 2. The van der Waals surface area contributed by atoms with Gasteiger partial charge in [0, 0.05) is 57.1 Å². The van der Waals surface area contributed by atoms with Crippen LogP contribution in [0.1, 0.15) is 25.5 Å². The molecule has 32 heavy (non-hydrogen) atoms. The van der Waals surface area contributed by atoms with Crippen molar-refractivity contribution in [1.29, 1.82) is 0 Å². The number of rotatable bonds is 5. The van der Waals surface area contributed by atoms with Crippen LogP contribution in [-0.4, -0.2) is 63.4 Å². The molecule has 1 aromatic heterocycles. The molecule has 9 nitrogen and oxygen atoms in total. The lowest BCUT2D eigenvalue weighted by molar-refractivity contribution is -0.133. The molecule has 2 aliphatic rings. The Bertz CT molecular complexity index is 1010. The van der Waals surface area contributed by atoms with Crippen LogP contribution in [0.4, 0.5) is 14.5 Å². The van der Waals surface area contributed by atoms with Crippen molar-refractivity contribution >= 4 is 17.5 Å². The molecule has 2 unspecified atom stereocenters. The summed E-state index contributed by atoms with van der Waals surface area (Å²) in [6, 6.07) is 3.25. The average molecular weight is 448 g/mol. The van der Waals surface area contributed by atoms with E-state index in [1.165, 1.54) is 12.1 Å². The normalized spacial score (nSPS) is 25.8. The Kier molecular flexibility index (Phi) is 5.87. The molecule has 1 aromatic carbocycles. The Hall–Kier alpha value is -3.05. The van der Waals surface area contributed by atoms with Crippen molar-refractivity contribution in [1.82, 2.24) is 25.1 Å². The molecule has 172 valence electrons. The van der Waals surface area contributed by atoms with E-state index in [0.29, 0.717) is 31.0 Å². The van der Waals surface area contributed by atoms with Gasteiger partial charge in [-0.05, 0) is 25.5 Å². The van der Waals surface area contributed by atoms with Gasteiger partial charge in [0.25, 0.3) is 0 Å². The predicted octanol–water partition coefficient (Wildman–Crippen LogP) is 0.406. The third kappa shape index (κ3) is 4.17. The highest BCUT2D eigenvalue weighted by atomic mass is 19.1. The predicted molar refractivity (Wildman–Crippen MR) is 111 cm³/mol. The van der Waals surface area contributed by atoms with Crippen LogP contribution >= 0.6 is 0 Å². The molecule has 2 aromatic rings. The van der Waals surface area contributed by atoms with Gasteiger partial charge in [0.15, 0.2) is 6.35 Å². The van der Waals surface area contributed by atoms with Crippen LogP contribution in [0.2, 0.25) is 0 Å². The molecule has 2 saturated heterocycles. The topological polar surface area (TPSA) is 103 Å². The van der Waals surface area contributed by atoms with E-state index in [0.717, 1.165) is 6.07 Å². The van der Waals surface area contributed by atoms with Gasteiger partial charge in [-0.2, -0.15) is 0 Å². The minimum absolute atomic E-state index is 0.0605. The molecule has 4 rings (SSSR count). The summed E-state index contributed by atoms with van der Waals surface area (Å²) in [5.41, 5.74) is -0.437. The lowest BCUT2D eigenvalue weighted by atomic mass is 9.89. The molecule has 3 N–H and O–H groups in total. The van der Waals surface area contributed by atoms with Crippen molar-refractivity contribution in [3.63, 3.8) is 0 Å². The highest BCUT2D eigenvalue weighted by Crippen LogP contribution is 2.30. The second-order valence-electron chi connectivity index (χ2n) is 8.36. The summed E-state index contributed by atoms with van der Waals surface area (Å²) in [5, 5.41) is 15.1. The maximum absolute atomic E-state index is 13.6. The number of aliphatic hydroxyl groups excluding tert-OH is 1. The standard InChI is InChI=1S/C21H26F2N6O3/c1-13-10-28(5-6-29(13)16-8-14(22)7-15(23)9-16)18(30)3-4-21(17-11-27(2)12-24-17)19(31)25-20(32)26-21/h7-9,11-13,20,26,32H,3-6,10H2,1-2H3,(H,25,31)/t13-,20?,21?/m0/s1. The molecule has 0 spiro atoms. The van der Waals surface area contributed by atoms with Gasteiger partial charge in [0.05, 0.1) is 12.0 Å². The summed E-state index contributed by atoms with van der Waals surface area (Å²) < 4.78 is 28.9. The van der Waals surface area contributed by atoms with Gasteiger partial charge in [0.1, 0.15) is 17.2 Å². The monoisotopic (exact) mass is 448 g/mol. The second-order valence-corrected chi connectivity index (χ2v) is 8.36. The second kappa shape index (κ2) is 8.47. The maximum atomic E-state index is 13.6. The van der Waals surface area contributed by atoms with Gasteiger partial charge in [-0.1, -0.05) is 0 Å². The number of nitrogens with one attached hydrogen (secondary N) is 2. The number of halogens is 2. The first-order valence-electron chi connectivity index (χ1n) is 10.4. The van der Waals surface area contributed by atoms with Crippen molar-refractivity contribution in [2.24, 2.45) is 7.05 Å². The number of aromatic nitrogens is 2. The fourth-order valence-electron chi connectivity index (χ4n) is 4.45. The molecular formula is C21H26F2N6O3. The Morgan fingerprint density at radius 3 is 2.56 bits per heavy atom. The van der Waals surface area contributed by atoms with Crippen LogP contribution in [0.5, 0.6) is 0 Å². The Morgan fingerprint density at radius 2 is 2.00 bits per heavy atom. The molecule has 3 atom stereocenters. The van der Waals surface area contributed by atoms with E-state index in [9.17, 15) is 23.5 Å². The summed E-state index contributed by atoms with van der Waals surface area (Å²) >= 11 is 0. The van der Waals surface area contributed by atoms with Gasteiger partial charge >= 0.3 is 0 Å². The fourth-order valence-corrected chi connectivity index (χ4v) is 4.45. The van der Waals surface area contributed by atoms with Crippen molar-refractivity contribution in [3.8, 4) is 0 Å². The van der Waals surface area contributed by atoms with Gasteiger partial charge in [0.2, 0.25) is 11.8 Å². The van der Waals surface area contributed by atoms with Crippen LogP contribution in [0.25, 0.3) is 0 Å². The summed E-state index contributed by atoms with van der Waals surface area (Å²) in [6.45, 7) is 3.09. The number of carbonyl (C=O) groups excluding carboxylic acids is 2. The maximum Gasteiger partial charge on any atom is 0.249 e. The van der Waals surface area contributed by atoms with E-state index in [1.54, 1.807) is 29.0 Å². The van der Waals surface area contributed by atoms with E-state index in [4.69, 9.17) is 0 Å². The highest BCUT2D eigenvalue weighted by Gasteiger charge is 2.49. The number of amides is 2. The molecule has 0 bridgehead atoms. The van der Waals surface area contributed by atoms with Gasteiger partial charge in [-0.15, -0.1) is 0 Å². The lowest BCUT2D eigenvalue weighted by Crippen LogP contribution is -2.54. The number of piperazine rings is 1. The summed E-state index contributed by atoms with van der Waals surface area (Å²) in [6.07, 6.45) is 2.18. The SMILES string of the molecule is C[C@H]1CN(C(=O)CCC2(c3cn(C)cn3)NC(O)NC2=O)CCN1c1cc(F)cc(F)c1. The van der Waals surface area contributed by atoms with Gasteiger partial charge in [-0.3, -0.25) is 14.9 Å². The quantitative estimate of drug-likeness (QED) is 0.612. The summed E-state index contributed by atoms with van der Waals surface area (Å²) in [7, 11) is 1.77. The number of nitrogens with zero attached hydrogens (tertiary/aromatic N) is 4. The van der Waals surface area contributed by atoms with Crippen molar-refractivity contribution < 1.29 is 23.5 Å². The zero-order chi connectivity index (χ0) is 23.0. The smallest absolute Gasteiger partial charge is 0.249 e. The number of aliphatic hydroxyl groups is 1. The third-order valence-corrected chi connectivity index (χ3v) is 6.05. The van der Waals surface area contributed by atoms with E-state index >= 15 is 0 Å². The lowest BCUT2D eigenvalue weighted by Gasteiger charge is -2.41.